The normalized spacial score (nSPS) is 15.1. The molecule has 5 heteroatoms. The second-order valence-electron chi connectivity index (χ2n) is 5.07. The molecule has 0 atom stereocenters. The first-order valence-corrected chi connectivity index (χ1v) is 8.18. The standard InChI is InChI=1S/C13H20N2O2S/c1-15(5-6-18(2,16)17)10-11-3-4-12-8-14-9-13(12)7-11/h3-4,7,14H,5-6,8-10H2,1-2H3. The average Bonchev–Trinajstić information content (AvgIpc) is 2.72. The van der Waals surface area contributed by atoms with E-state index in [2.05, 4.69) is 23.5 Å². The average molecular weight is 268 g/mol. The SMILES string of the molecule is CN(CCS(C)(=O)=O)Cc1ccc2c(c1)CNC2. The third kappa shape index (κ3) is 3.80. The van der Waals surface area contributed by atoms with Crippen molar-refractivity contribution in [3.8, 4) is 0 Å². The van der Waals surface area contributed by atoms with Gasteiger partial charge in [-0.1, -0.05) is 18.2 Å². The summed E-state index contributed by atoms with van der Waals surface area (Å²) in [6.45, 7) is 3.27. The molecule has 1 aliphatic heterocycles. The summed E-state index contributed by atoms with van der Waals surface area (Å²) < 4.78 is 22.2. The molecule has 0 saturated carbocycles. The predicted molar refractivity (Wildman–Crippen MR) is 73.0 cm³/mol. The Labute approximate surface area is 109 Å². The lowest BCUT2D eigenvalue weighted by Gasteiger charge is -2.16. The van der Waals surface area contributed by atoms with E-state index in [1.165, 1.54) is 22.9 Å². The van der Waals surface area contributed by atoms with Crippen molar-refractivity contribution in [2.24, 2.45) is 0 Å². The molecule has 0 unspecified atom stereocenters. The Bertz CT molecular complexity index is 526. The number of nitrogens with one attached hydrogen (secondary N) is 1. The largest absolute Gasteiger partial charge is 0.309 e. The summed E-state index contributed by atoms with van der Waals surface area (Å²) in [4.78, 5) is 2.05. The van der Waals surface area contributed by atoms with Crippen molar-refractivity contribution in [2.75, 3.05) is 25.6 Å². The Kier molecular flexibility index (Phi) is 4.04. The van der Waals surface area contributed by atoms with E-state index in [4.69, 9.17) is 0 Å². The van der Waals surface area contributed by atoms with E-state index in [1.807, 2.05) is 11.9 Å². The van der Waals surface area contributed by atoms with Gasteiger partial charge in [-0.25, -0.2) is 8.42 Å². The van der Waals surface area contributed by atoms with Crippen LogP contribution >= 0.6 is 0 Å². The number of benzene rings is 1. The Morgan fingerprint density at radius 2 is 2.00 bits per heavy atom. The molecule has 1 aromatic rings. The maximum atomic E-state index is 11.1. The van der Waals surface area contributed by atoms with Crippen LogP contribution in [0.15, 0.2) is 18.2 Å². The van der Waals surface area contributed by atoms with E-state index >= 15 is 0 Å². The second kappa shape index (κ2) is 5.38. The first-order valence-electron chi connectivity index (χ1n) is 6.12. The molecular formula is C13H20N2O2S. The van der Waals surface area contributed by atoms with Crippen molar-refractivity contribution in [1.29, 1.82) is 0 Å². The van der Waals surface area contributed by atoms with Crippen molar-refractivity contribution < 1.29 is 8.42 Å². The highest BCUT2D eigenvalue weighted by molar-refractivity contribution is 7.90. The van der Waals surface area contributed by atoms with Gasteiger partial charge in [0, 0.05) is 32.4 Å². The Balaban J connectivity index is 1.93. The fourth-order valence-electron chi connectivity index (χ4n) is 2.16. The lowest BCUT2D eigenvalue weighted by molar-refractivity contribution is 0.346. The first-order chi connectivity index (χ1) is 8.44. The number of rotatable bonds is 5. The van der Waals surface area contributed by atoms with Gasteiger partial charge in [0.2, 0.25) is 0 Å². The summed E-state index contributed by atoms with van der Waals surface area (Å²) in [5.41, 5.74) is 3.98. The molecule has 0 amide bonds. The van der Waals surface area contributed by atoms with Crippen molar-refractivity contribution in [1.82, 2.24) is 10.2 Å². The predicted octanol–water partition coefficient (Wildman–Crippen LogP) is 0.766. The number of sulfone groups is 1. The molecule has 100 valence electrons. The zero-order chi connectivity index (χ0) is 13.2. The van der Waals surface area contributed by atoms with Gasteiger partial charge in [-0.05, 0) is 23.7 Å². The Morgan fingerprint density at radius 3 is 2.72 bits per heavy atom. The van der Waals surface area contributed by atoms with Crippen molar-refractivity contribution in [3.63, 3.8) is 0 Å². The monoisotopic (exact) mass is 268 g/mol. The molecule has 0 spiro atoms. The van der Waals surface area contributed by atoms with Gasteiger partial charge in [-0.2, -0.15) is 0 Å². The van der Waals surface area contributed by atoms with Crippen molar-refractivity contribution in [3.05, 3.63) is 34.9 Å². The van der Waals surface area contributed by atoms with Crippen LogP contribution in [-0.4, -0.2) is 38.9 Å². The first kappa shape index (κ1) is 13.5. The van der Waals surface area contributed by atoms with Crippen LogP contribution in [0.4, 0.5) is 0 Å². The smallest absolute Gasteiger partial charge is 0.148 e. The molecule has 1 aliphatic rings. The number of fused-ring (bicyclic) bond motifs is 1. The van der Waals surface area contributed by atoms with E-state index in [1.54, 1.807) is 0 Å². The van der Waals surface area contributed by atoms with Crippen LogP contribution < -0.4 is 5.32 Å². The van der Waals surface area contributed by atoms with Gasteiger partial charge in [0.05, 0.1) is 5.75 Å². The molecule has 0 radical (unpaired) electrons. The van der Waals surface area contributed by atoms with Crippen LogP contribution in [0.3, 0.4) is 0 Å². The van der Waals surface area contributed by atoms with Crippen LogP contribution in [0.1, 0.15) is 16.7 Å². The van der Waals surface area contributed by atoms with E-state index in [9.17, 15) is 8.42 Å². The number of nitrogens with zero attached hydrogens (tertiary/aromatic N) is 1. The molecule has 2 rings (SSSR count). The zero-order valence-corrected chi connectivity index (χ0v) is 11.8. The molecule has 0 bridgehead atoms. The van der Waals surface area contributed by atoms with Gasteiger partial charge in [0.25, 0.3) is 0 Å². The van der Waals surface area contributed by atoms with E-state index in [0.29, 0.717) is 6.54 Å². The van der Waals surface area contributed by atoms with Crippen LogP contribution in [0.2, 0.25) is 0 Å². The summed E-state index contributed by atoms with van der Waals surface area (Å²) in [6, 6.07) is 6.50. The molecule has 4 nitrogen and oxygen atoms in total. The number of hydrogen-bond donors (Lipinski definition) is 1. The molecule has 1 N–H and O–H groups in total. The third-order valence-electron chi connectivity index (χ3n) is 3.20. The van der Waals surface area contributed by atoms with Gasteiger partial charge in [-0.15, -0.1) is 0 Å². The lowest BCUT2D eigenvalue weighted by Crippen LogP contribution is -2.24. The third-order valence-corrected chi connectivity index (χ3v) is 4.12. The van der Waals surface area contributed by atoms with Crippen molar-refractivity contribution in [2.45, 2.75) is 19.6 Å². The van der Waals surface area contributed by atoms with Crippen LogP contribution in [0, 0.1) is 0 Å². The molecule has 0 aliphatic carbocycles. The van der Waals surface area contributed by atoms with Crippen molar-refractivity contribution >= 4 is 9.84 Å². The fraction of sp³-hybridized carbons (Fsp3) is 0.538. The second-order valence-corrected chi connectivity index (χ2v) is 7.33. The van der Waals surface area contributed by atoms with Crippen LogP contribution in [0.5, 0.6) is 0 Å². The molecule has 0 aromatic heterocycles. The molecular weight excluding hydrogens is 248 g/mol. The summed E-state index contributed by atoms with van der Waals surface area (Å²) in [7, 11) is -0.918. The van der Waals surface area contributed by atoms with Gasteiger partial charge in [-0.3, -0.25) is 0 Å². The highest BCUT2D eigenvalue weighted by Gasteiger charge is 2.11. The van der Waals surface area contributed by atoms with E-state index < -0.39 is 9.84 Å². The minimum atomic E-state index is -2.87. The van der Waals surface area contributed by atoms with Crippen LogP contribution in [0.25, 0.3) is 0 Å². The summed E-state index contributed by atoms with van der Waals surface area (Å²) in [6.07, 6.45) is 1.28. The Morgan fingerprint density at radius 1 is 1.28 bits per heavy atom. The number of hydrogen-bond acceptors (Lipinski definition) is 4. The molecule has 0 saturated heterocycles. The van der Waals surface area contributed by atoms with E-state index in [-0.39, 0.29) is 5.75 Å². The quantitative estimate of drug-likeness (QED) is 0.857. The fourth-order valence-corrected chi connectivity index (χ4v) is 2.80. The molecule has 0 fully saturated rings. The maximum Gasteiger partial charge on any atom is 0.148 e. The lowest BCUT2D eigenvalue weighted by atomic mass is 10.1. The Hall–Kier alpha value is -0.910. The minimum Gasteiger partial charge on any atom is -0.309 e. The van der Waals surface area contributed by atoms with E-state index in [0.717, 1.165) is 19.6 Å². The summed E-state index contributed by atoms with van der Waals surface area (Å²) in [5, 5.41) is 3.32. The van der Waals surface area contributed by atoms with Gasteiger partial charge >= 0.3 is 0 Å². The zero-order valence-electron chi connectivity index (χ0n) is 10.9. The molecule has 18 heavy (non-hydrogen) atoms. The summed E-state index contributed by atoms with van der Waals surface area (Å²) >= 11 is 0. The minimum absolute atomic E-state index is 0.218. The molecule has 1 aromatic carbocycles. The van der Waals surface area contributed by atoms with Gasteiger partial charge < -0.3 is 10.2 Å². The highest BCUT2D eigenvalue weighted by atomic mass is 32.2. The topological polar surface area (TPSA) is 49.4 Å². The van der Waals surface area contributed by atoms with Gasteiger partial charge in [0.1, 0.15) is 9.84 Å². The van der Waals surface area contributed by atoms with Gasteiger partial charge in [0.15, 0.2) is 0 Å². The van der Waals surface area contributed by atoms with Crippen LogP contribution in [-0.2, 0) is 29.5 Å². The molecule has 1 heterocycles. The summed E-state index contributed by atoms with van der Waals surface area (Å²) in [5.74, 6) is 0.218. The highest BCUT2D eigenvalue weighted by Crippen LogP contribution is 2.17. The maximum absolute atomic E-state index is 11.1.